The minimum atomic E-state index is 1.06. The third-order valence-corrected chi connectivity index (χ3v) is 7.95. The molecule has 0 aliphatic heterocycles. The molecule has 0 spiro atoms. The largest absolute Gasteiger partial charge is 0.0654 e. The van der Waals surface area contributed by atoms with Gasteiger partial charge in [0.2, 0.25) is 0 Å². The molecule has 0 heterocycles. The molecule has 0 aromatic heterocycles. The van der Waals surface area contributed by atoms with Gasteiger partial charge in [0.05, 0.1) is 0 Å². The van der Waals surface area contributed by atoms with E-state index in [-0.39, 0.29) is 0 Å². The van der Waals surface area contributed by atoms with Gasteiger partial charge in [-0.1, -0.05) is 181 Å². The predicted molar refractivity (Wildman–Crippen MR) is 143 cm³/mol. The first kappa shape index (κ1) is 29.0. The molecule has 0 N–H and O–H groups in total. The summed E-state index contributed by atoms with van der Waals surface area (Å²) in [6.07, 6.45) is 40.3. The van der Waals surface area contributed by atoms with E-state index in [2.05, 4.69) is 13.8 Å². The van der Waals surface area contributed by atoms with Gasteiger partial charge in [0, 0.05) is 0 Å². The van der Waals surface area contributed by atoms with Crippen molar-refractivity contribution in [1.29, 1.82) is 0 Å². The molecule has 0 saturated heterocycles. The lowest BCUT2D eigenvalue weighted by Crippen LogP contribution is -1.85. The summed E-state index contributed by atoms with van der Waals surface area (Å²) in [7, 11) is 0. The van der Waals surface area contributed by atoms with Crippen molar-refractivity contribution < 1.29 is 0 Å². The van der Waals surface area contributed by atoms with Crippen LogP contribution in [-0.4, -0.2) is 0 Å². The average Bonchev–Trinajstić information content (AvgIpc) is 3.48. The van der Waals surface area contributed by atoms with E-state index in [0.29, 0.717) is 0 Å². The van der Waals surface area contributed by atoms with Crippen molar-refractivity contribution >= 4 is 0 Å². The zero-order valence-corrected chi connectivity index (χ0v) is 22.2. The SMILES string of the molecule is CCCCCCCCCCCCCCCCCCCCCCCCCCCC1CC1C. The molecule has 0 amide bonds. The molecule has 0 radical (unpaired) electrons. The van der Waals surface area contributed by atoms with Crippen molar-refractivity contribution in [1.82, 2.24) is 0 Å². The van der Waals surface area contributed by atoms with Crippen LogP contribution in [0.25, 0.3) is 0 Å². The standard InChI is InChI=1S/C31H62/c1-3-4-5-6-7-8-9-10-11-12-13-14-15-16-17-18-19-20-21-22-23-24-25-26-27-28-31-29-30(31)2/h30-31H,3-29H2,1-2H3. The Hall–Kier alpha value is 0. The van der Waals surface area contributed by atoms with Crippen LogP contribution in [-0.2, 0) is 0 Å². The maximum absolute atomic E-state index is 2.42. The lowest BCUT2D eigenvalue weighted by molar-refractivity contribution is 0.513. The van der Waals surface area contributed by atoms with Gasteiger partial charge in [-0.05, 0) is 18.3 Å². The van der Waals surface area contributed by atoms with Crippen LogP contribution in [0.3, 0.4) is 0 Å². The fourth-order valence-corrected chi connectivity index (χ4v) is 5.35. The lowest BCUT2D eigenvalue weighted by atomic mass is 10.0. The molecule has 1 saturated carbocycles. The second-order valence-electron chi connectivity index (χ2n) is 11.2. The van der Waals surface area contributed by atoms with Crippen LogP contribution in [0.4, 0.5) is 0 Å². The quantitative estimate of drug-likeness (QED) is 0.119. The van der Waals surface area contributed by atoms with Crippen LogP contribution in [0.1, 0.15) is 187 Å². The zero-order valence-electron chi connectivity index (χ0n) is 22.2. The molecule has 1 rings (SSSR count). The van der Waals surface area contributed by atoms with E-state index in [0.717, 1.165) is 11.8 Å². The molecule has 0 heteroatoms. The minimum absolute atomic E-state index is 1.06. The highest BCUT2D eigenvalue weighted by atomic mass is 14.4. The van der Waals surface area contributed by atoms with E-state index in [1.807, 2.05) is 0 Å². The molecule has 31 heavy (non-hydrogen) atoms. The van der Waals surface area contributed by atoms with Gasteiger partial charge in [-0.25, -0.2) is 0 Å². The molecule has 186 valence electrons. The first-order chi connectivity index (χ1) is 15.3. The lowest BCUT2D eigenvalue weighted by Gasteiger charge is -2.04. The Morgan fingerprint density at radius 2 is 0.613 bits per heavy atom. The van der Waals surface area contributed by atoms with Crippen LogP contribution in [0.5, 0.6) is 0 Å². The van der Waals surface area contributed by atoms with Crippen molar-refractivity contribution in [2.24, 2.45) is 11.8 Å². The van der Waals surface area contributed by atoms with Gasteiger partial charge in [-0.15, -0.1) is 0 Å². The van der Waals surface area contributed by atoms with Crippen molar-refractivity contribution in [3.63, 3.8) is 0 Å². The van der Waals surface area contributed by atoms with Gasteiger partial charge in [-0.2, -0.15) is 0 Å². The van der Waals surface area contributed by atoms with E-state index >= 15 is 0 Å². The first-order valence-corrected chi connectivity index (χ1v) is 15.3. The molecule has 0 bridgehead atoms. The van der Waals surface area contributed by atoms with Gasteiger partial charge in [0.25, 0.3) is 0 Å². The smallest absolute Gasteiger partial charge is 0.0386 e. The number of hydrogen-bond acceptors (Lipinski definition) is 0. The Bertz CT molecular complexity index is 333. The molecular weight excluding hydrogens is 372 g/mol. The van der Waals surface area contributed by atoms with Gasteiger partial charge < -0.3 is 0 Å². The molecular formula is C31H62. The number of hydrogen-bond donors (Lipinski definition) is 0. The Morgan fingerprint density at radius 3 is 0.839 bits per heavy atom. The molecule has 0 aromatic rings. The number of rotatable bonds is 26. The average molecular weight is 435 g/mol. The topological polar surface area (TPSA) is 0 Å². The molecule has 1 fully saturated rings. The fourth-order valence-electron chi connectivity index (χ4n) is 5.35. The van der Waals surface area contributed by atoms with Crippen LogP contribution < -0.4 is 0 Å². The highest BCUT2D eigenvalue weighted by Crippen LogP contribution is 2.41. The normalized spacial score (nSPS) is 18.0. The molecule has 2 unspecified atom stereocenters. The Balaban J connectivity index is 1.59. The second-order valence-corrected chi connectivity index (χ2v) is 11.2. The monoisotopic (exact) mass is 434 g/mol. The highest BCUT2D eigenvalue weighted by molar-refractivity contribution is 4.81. The highest BCUT2D eigenvalue weighted by Gasteiger charge is 2.31. The van der Waals surface area contributed by atoms with Crippen molar-refractivity contribution in [2.45, 2.75) is 187 Å². The van der Waals surface area contributed by atoms with Gasteiger partial charge >= 0.3 is 0 Å². The summed E-state index contributed by atoms with van der Waals surface area (Å²) in [6.45, 7) is 4.73. The summed E-state index contributed by atoms with van der Waals surface area (Å²) >= 11 is 0. The summed E-state index contributed by atoms with van der Waals surface area (Å²) < 4.78 is 0. The molecule has 0 aromatic carbocycles. The van der Waals surface area contributed by atoms with E-state index in [1.165, 1.54) is 173 Å². The summed E-state index contributed by atoms with van der Waals surface area (Å²) in [4.78, 5) is 0. The van der Waals surface area contributed by atoms with Gasteiger partial charge in [0.1, 0.15) is 0 Å². The van der Waals surface area contributed by atoms with Crippen molar-refractivity contribution in [3.05, 3.63) is 0 Å². The predicted octanol–water partition coefficient (Wildman–Crippen LogP) is 11.8. The van der Waals surface area contributed by atoms with Crippen LogP contribution in [0, 0.1) is 11.8 Å². The summed E-state index contributed by atoms with van der Waals surface area (Å²) in [6, 6.07) is 0. The van der Waals surface area contributed by atoms with E-state index < -0.39 is 0 Å². The Labute approximate surface area is 199 Å². The zero-order chi connectivity index (χ0) is 22.2. The molecule has 2 atom stereocenters. The third kappa shape index (κ3) is 21.6. The van der Waals surface area contributed by atoms with E-state index in [1.54, 1.807) is 0 Å². The fraction of sp³-hybridized carbons (Fsp3) is 1.00. The Kier molecular flexibility index (Phi) is 21.7. The summed E-state index contributed by atoms with van der Waals surface area (Å²) in [5.41, 5.74) is 0. The van der Waals surface area contributed by atoms with Crippen LogP contribution in [0.2, 0.25) is 0 Å². The maximum Gasteiger partial charge on any atom is -0.0386 e. The van der Waals surface area contributed by atoms with Gasteiger partial charge in [0.15, 0.2) is 0 Å². The molecule has 1 aliphatic rings. The third-order valence-electron chi connectivity index (χ3n) is 7.95. The van der Waals surface area contributed by atoms with Crippen molar-refractivity contribution in [3.8, 4) is 0 Å². The second kappa shape index (κ2) is 23.2. The van der Waals surface area contributed by atoms with Crippen LogP contribution >= 0.6 is 0 Å². The van der Waals surface area contributed by atoms with Crippen LogP contribution in [0.15, 0.2) is 0 Å². The summed E-state index contributed by atoms with van der Waals surface area (Å²) in [5.74, 6) is 2.18. The van der Waals surface area contributed by atoms with E-state index in [9.17, 15) is 0 Å². The van der Waals surface area contributed by atoms with E-state index in [4.69, 9.17) is 0 Å². The van der Waals surface area contributed by atoms with Crippen molar-refractivity contribution in [2.75, 3.05) is 0 Å². The minimum Gasteiger partial charge on any atom is -0.0654 e. The molecule has 0 nitrogen and oxygen atoms in total. The Morgan fingerprint density at radius 1 is 0.387 bits per heavy atom. The first-order valence-electron chi connectivity index (χ1n) is 15.3. The molecule has 1 aliphatic carbocycles. The summed E-state index contributed by atoms with van der Waals surface area (Å²) in [5, 5.41) is 0. The number of unbranched alkanes of at least 4 members (excludes halogenated alkanes) is 24. The maximum atomic E-state index is 2.42. The van der Waals surface area contributed by atoms with Gasteiger partial charge in [-0.3, -0.25) is 0 Å².